The molecule has 3 N–H and O–H groups in total. The van der Waals surface area contributed by atoms with Gasteiger partial charge in [0.15, 0.2) is 0 Å². The van der Waals surface area contributed by atoms with Gasteiger partial charge in [-0.3, -0.25) is 4.79 Å². The molecule has 0 radical (unpaired) electrons. The van der Waals surface area contributed by atoms with Gasteiger partial charge in [-0.2, -0.15) is 4.37 Å². The average molecular weight is 495 g/mol. The summed E-state index contributed by atoms with van der Waals surface area (Å²) >= 11 is 0.882. The largest absolute Gasteiger partial charge is 0.478 e. The van der Waals surface area contributed by atoms with Crippen LogP contribution in [0, 0.1) is 6.92 Å². The number of alkyl carbamates (subject to hydrolysis) is 1. The number of rotatable bonds is 8. The molecule has 10 heteroatoms. The second-order valence-corrected chi connectivity index (χ2v) is 9.32. The number of nitrogens with one attached hydrogen (secondary N) is 2. The molecule has 0 aliphatic heterocycles. The number of fused-ring (bicyclic) bond motifs is 3. The molecule has 0 bridgehead atoms. The number of aryl methyl sites for hydroxylation is 1. The van der Waals surface area contributed by atoms with Crippen LogP contribution in [-0.2, 0) is 9.53 Å². The second-order valence-electron chi connectivity index (χ2n) is 8.55. The molecule has 0 unspecified atom stereocenters. The molecule has 1 aliphatic carbocycles. The Bertz CT molecular complexity index is 1230. The monoisotopic (exact) mass is 494 g/mol. The highest BCUT2D eigenvalue weighted by Crippen LogP contribution is 2.44. The lowest BCUT2D eigenvalue weighted by atomic mass is 9.98. The first kappa shape index (κ1) is 24.4. The van der Waals surface area contributed by atoms with Gasteiger partial charge in [0.2, 0.25) is 5.91 Å². The third-order valence-electron chi connectivity index (χ3n) is 5.81. The minimum Gasteiger partial charge on any atom is -0.478 e. The van der Waals surface area contributed by atoms with Crippen LogP contribution in [0.1, 0.15) is 33.1 Å². The fraction of sp³-hybridized carbons (Fsp3) is 0.280. The number of nitrogens with zero attached hydrogens (tertiary/aromatic N) is 2. The SMILES string of the molecule is Cc1nsc(NC(=O)[C@H](CN(C)C)NC(=O)OCC2c3ccccc3-c3ccccc32)c1C(=O)O. The predicted molar refractivity (Wildman–Crippen MR) is 133 cm³/mol. The van der Waals surface area contributed by atoms with Crippen molar-refractivity contribution in [2.24, 2.45) is 0 Å². The van der Waals surface area contributed by atoms with Crippen LogP contribution in [0.3, 0.4) is 0 Å². The number of likely N-dealkylation sites (N-methyl/N-ethyl adjacent to an activating group) is 1. The van der Waals surface area contributed by atoms with E-state index in [1.165, 1.54) is 0 Å². The molecule has 0 fully saturated rings. The molecule has 2 aromatic carbocycles. The Kier molecular flexibility index (Phi) is 7.13. The maximum atomic E-state index is 12.9. The summed E-state index contributed by atoms with van der Waals surface area (Å²) in [6, 6.07) is 15.1. The topological polar surface area (TPSA) is 121 Å². The third-order valence-corrected chi connectivity index (χ3v) is 6.67. The fourth-order valence-corrected chi connectivity index (χ4v) is 5.04. The van der Waals surface area contributed by atoms with Crippen molar-refractivity contribution in [3.05, 3.63) is 70.9 Å². The van der Waals surface area contributed by atoms with Crippen LogP contribution in [0.5, 0.6) is 0 Å². The summed E-state index contributed by atoms with van der Waals surface area (Å²) < 4.78 is 9.57. The summed E-state index contributed by atoms with van der Waals surface area (Å²) in [7, 11) is 3.53. The van der Waals surface area contributed by atoms with Gasteiger partial charge in [-0.15, -0.1) is 0 Å². The molecule has 1 aromatic heterocycles. The van der Waals surface area contributed by atoms with Gasteiger partial charge in [0.25, 0.3) is 0 Å². The Labute approximate surface area is 206 Å². The van der Waals surface area contributed by atoms with Gasteiger partial charge < -0.3 is 25.4 Å². The van der Waals surface area contributed by atoms with Crippen LogP contribution in [0.2, 0.25) is 0 Å². The number of carboxylic acids is 1. The van der Waals surface area contributed by atoms with Crippen molar-refractivity contribution in [1.82, 2.24) is 14.6 Å². The van der Waals surface area contributed by atoms with Gasteiger partial charge in [0.1, 0.15) is 23.2 Å². The van der Waals surface area contributed by atoms with Crippen molar-refractivity contribution in [1.29, 1.82) is 0 Å². The number of amides is 2. The molecule has 9 nitrogen and oxygen atoms in total. The molecule has 3 aromatic rings. The lowest BCUT2D eigenvalue weighted by Crippen LogP contribution is -2.49. The summed E-state index contributed by atoms with van der Waals surface area (Å²) in [6.07, 6.45) is -0.729. The zero-order valence-electron chi connectivity index (χ0n) is 19.6. The summed E-state index contributed by atoms with van der Waals surface area (Å²) in [5.41, 5.74) is 4.67. The number of anilines is 1. The number of carbonyl (C=O) groups excluding carboxylic acids is 2. The minimum absolute atomic E-state index is 0.0620. The number of aromatic carboxylic acids is 1. The fourth-order valence-electron chi connectivity index (χ4n) is 4.25. The van der Waals surface area contributed by atoms with Crippen molar-refractivity contribution >= 4 is 34.5 Å². The summed E-state index contributed by atoms with van der Waals surface area (Å²) in [4.78, 5) is 38.9. The highest BCUT2D eigenvalue weighted by molar-refractivity contribution is 7.11. The van der Waals surface area contributed by atoms with Gasteiger partial charge >= 0.3 is 12.1 Å². The number of carboxylic acid groups (broad SMARTS) is 1. The van der Waals surface area contributed by atoms with Crippen LogP contribution in [0.25, 0.3) is 11.1 Å². The summed E-state index contributed by atoms with van der Waals surface area (Å²) in [6.45, 7) is 1.87. The summed E-state index contributed by atoms with van der Waals surface area (Å²) in [5.74, 6) is -1.84. The Morgan fingerprint density at radius 1 is 1.09 bits per heavy atom. The van der Waals surface area contributed by atoms with Gasteiger partial charge in [-0.25, -0.2) is 9.59 Å². The molecule has 1 aliphatic rings. The molecule has 1 heterocycles. The van der Waals surface area contributed by atoms with Gasteiger partial charge in [-0.05, 0) is 54.8 Å². The Morgan fingerprint density at radius 2 is 1.69 bits per heavy atom. The Balaban J connectivity index is 1.44. The quantitative estimate of drug-likeness (QED) is 0.438. The zero-order chi connectivity index (χ0) is 25.1. The van der Waals surface area contributed by atoms with E-state index in [9.17, 15) is 19.5 Å². The van der Waals surface area contributed by atoms with Crippen LogP contribution >= 0.6 is 11.5 Å². The third kappa shape index (κ3) is 5.18. The average Bonchev–Trinajstić information content (AvgIpc) is 3.34. The van der Waals surface area contributed by atoms with Gasteiger partial charge in [-0.1, -0.05) is 48.5 Å². The number of hydrogen-bond acceptors (Lipinski definition) is 7. The molecular formula is C25H26N4O5S. The standard InChI is InChI=1S/C25H26N4O5S/c1-14-21(24(31)32)23(35-28-14)27-22(30)20(12-29(2)3)26-25(33)34-13-19-17-10-6-4-8-15(17)16-9-5-7-11-18(16)19/h4-11,19-20H,12-13H2,1-3H3,(H,26,33)(H,27,30)(H,31,32)/t20-/m0/s1. The number of hydrogen-bond donors (Lipinski definition) is 3. The first-order valence-corrected chi connectivity index (χ1v) is 11.8. The summed E-state index contributed by atoms with van der Waals surface area (Å²) in [5, 5.41) is 14.7. The van der Waals surface area contributed by atoms with Gasteiger partial charge in [0, 0.05) is 12.5 Å². The zero-order valence-corrected chi connectivity index (χ0v) is 20.4. The number of benzene rings is 2. The molecule has 1 atom stereocenters. The second kappa shape index (κ2) is 10.2. The molecule has 0 saturated heterocycles. The molecule has 0 saturated carbocycles. The van der Waals surface area contributed by atoms with E-state index >= 15 is 0 Å². The van der Waals surface area contributed by atoms with E-state index in [2.05, 4.69) is 27.1 Å². The maximum Gasteiger partial charge on any atom is 0.407 e. The van der Waals surface area contributed by atoms with Crippen molar-refractivity contribution in [3.63, 3.8) is 0 Å². The van der Waals surface area contributed by atoms with Crippen molar-refractivity contribution in [3.8, 4) is 11.1 Å². The van der Waals surface area contributed by atoms with E-state index in [-0.39, 0.29) is 29.6 Å². The van der Waals surface area contributed by atoms with E-state index in [0.29, 0.717) is 5.69 Å². The van der Waals surface area contributed by atoms with Crippen LogP contribution in [-0.4, -0.2) is 65.6 Å². The normalized spacial score (nSPS) is 13.1. The van der Waals surface area contributed by atoms with E-state index < -0.39 is 24.0 Å². The lowest BCUT2D eigenvalue weighted by molar-refractivity contribution is -0.118. The van der Waals surface area contributed by atoms with E-state index in [1.807, 2.05) is 36.4 Å². The highest BCUT2D eigenvalue weighted by Gasteiger charge is 2.30. The number of carbonyl (C=O) groups is 3. The van der Waals surface area contributed by atoms with Crippen LogP contribution in [0.4, 0.5) is 9.80 Å². The van der Waals surface area contributed by atoms with Gasteiger partial charge in [0.05, 0.1) is 5.69 Å². The predicted octanol–water partition coefficient (Wildman–Crippen LogP) is 3.56. The van der Waals surface area contributed by atoms with E-state index in [4.69, 9.17) is 4.74 Å². The molecule has 4 rings (SSSR count). The van der Waals surface area contributed by atoms with Crippen LogP contribution < -0.4 is 10.6 Å². The molecular weight excluding hydrogens is 468 g/mol. The van der Waals surface area contributed by atoms with Crippen molar-refractivity contribution in [2.75, 3.05) is 32.6 Å². The minimum atomic E-state index is -1.18. The number of aromatic nitrogens is 1. The Hall–Kier alpha value is -3.76. The van der Waals surface area contributed by atoms with Crippen molar-refractivity contribution < 1.29 is 24.2 Å². The molecule has 0 spiro atoms. The van der Waals surface area contributed by atoms with E-state index in [1.54, 1.807) is 25.9 Å². The Morgan fingerprint density at radius 3 is 2.26 bits per heavy atom. The highest BCUT2D eigenvalue weighted by atomic mass is 32.1. The molecule has 2 amide bonds. The maximum absolute atomic E-state index is 12.9. The first-order valence-electron chi connectivity index (χ1n) is 11.0. The first-order chi connectivity index (χ1) is 16.8. The van der Waals surface area contributed by atoms with Crippen LogP contribution in [0.15, 0.2) is 48.5 Å². The lowest BCUT2D eigenvalue weighted by Gasteiger charge is -2.22. The smallest absolute Gasteiger partial charge is 0.407 e. The van der Waals surface area contributed by atoms with E-state index in [0.717, 1.165) is 33.8 Å². The molecule has 182 valence electrons. The van der Waals surface area contributed by atoms with Crippen molar-refractivity contribution in [2.45, 2.75) is 18.9 Å². The number of ether oxygens (including phenoxy) is 1. The molecule has 35 heavy (non-hydrogen) atoms.